The number of allylic oxidation sites excluding steroid dienone is 1. The van der Waals surface area contributed by atoms with Crippen molar-refractivity contribution >= 4 is 71.8 Å². The van der Waals surface area contributed by atoms with Gasteiger partial charge < -0.3 is 8.98 Å². The Labute approximate surface area is 287 Å². The van der Waals surface area contributed by atoms with Crippen molar-refractivity contribution in [1.29, 1.82) is 0 Å². The van der Waals surface area contributed by atoms with Crippen molar-refractivity contribution < 1.29 is 4.42 Å². The van der Waals surface area contributed by atoms with Crippen LogP contribution in [-0.4, -0.2) is 19.1 Å². The summed E-state index contributed by atoms with van der Waals surface area (Å²) in [4.78, 5) is 10.7. The van der Waals surface area contributed by atoms with Crippen LogP contribution in [0, 0.1) is 19.3 Å². The minimum absolute atomic E-state index is 0.493. The lowest BCUT2D eigenvalue weighted by Gasteiger charge is -2.14. The minimum atomic E-state index is 0.493. The molecule has 0 saturated carbocycles. The van der Waals surface area contributed by atoms with Gasteiger partial charge in [0.1, 0.15) is 16.8 Å². The Bertz CT molecular complexity index is 3060. The van der Waals surface area contributed by atoms with Gasteiger partial charge in [-0.05, 0) is 78.4 Å². The van der Waals surface area contributed by atoms with Gasteiger partial charge in [0.15, 0.2) is 5.82 Å². The van der Waals surface area contributed by atoms with Crippen LogP contribution in [0.3, 0.4) is 0 Å². The van der Waals surface area contributed by atoms with E-state index in [-0.39, 0.29) is 0 Å². The molecule has 10 rings (SSSR count). The van der Waals surface area contributed by atoms with E-state index < -0.39 is 0 Å². The van der Waals surface area contributed by atoms with E-state index in [1.165, 1.54) is 10.8 Å². The number of furan rings is 1. The molecule has 0 spiro atoms. The van der Waals surface area contributed by atoms with E-state index in [2.05, 4.69) is 131 Å². The molecule has 0 saturated heterocycles. The van der Waals surface area contributed by atoms with Crippen molar-refractivity contribution in [3.05, 3.63) is 151 Å². The van der Waals surface area contributed by atoms with E-state index in [1.54, 1.807) is 6.08 Å². The largest absolute Gasteiger partial charge is 0.436 e. The minimum Gasteiger partial charge on any atom is -0.436 e. The quantitative estimate of drug-likeness (QED) is 0.180. The molecule has 0 atom stereocenters. The normalized spacial score (nSPS) is 12.0. The summed E-state index contributed by atoms with van der Waals surface area (Å²) in [5, 5.41) is 6.69. The molecule has 5 nitrogen and oxygen atoms in total. The Morgan fingerprint density at radius 3 is 2.18 bits per heavy atom. The van der Waals surface area contributed by atoms with Crippen molar-refractivity contribution in [3.8, 4) is 35.1 Å². The third kappa shape index (κ3) is 4.09. The van der Waals surface area contributed by atoms with Crippen LogP contribution in [-0.2, 0) is 0 Å². The van der Waals surface area contributed by atoms with Crippen LogP contribution in [0.4, 0.5) is 0 Å². The van der Waals surface area contributed by atoms with Gasteiger partial charge in [-0.3, -0.25) is 4.57 Å². The molecule has 0 radical (unpaired) electrons. The smallest absolute Gasteiger partial charge is 0.248 e. The van der Waals surface area contributed by atoms with Crippen LogP contribution >= 0.6 is 0 Å². The molecule has 10 aromatic rings. The number of hydrogen-bond donors (Lipinski definition) is 0. The SMILES string of the molecule is C#C/C=C\c1c(C)n(-c2nc3oc4ccccc4c3nc2-c2ccc3c4ccccc4n(-c4ccccc4)c3c2)c2cc3ccccc3cc12. The fourth-order valence-electron chi connectivity index (χ4n) is 7.58. The Kier molecular flexibility index (Phi) is 6.09. The lowest BCUT2D eigenvalue weighted by atomic mass is 10.0. The number of benzene rings is 6. The molecule has 0 amide bonds. The van der Waals surface area contributed by atoms with E-state index >= 15 is 0 Å². The van der Waals surface area contributed by atoms with Gasteiger partial charge in [-0.1, -0.05) is 90.8 Å². The summed E-state index contributed by atoms with van der Waals surface area (Å²) in [5.41, 5.74) is 10.1. The fourth-order valence-corrected chi connectivity index (χ4v) is 7.58. The highest BCUT2D eigenvalue weighted by atomic mass is 16.3. The summed E-state index contributed by atoms with van der Waals surface area (Å²) >= 11 is 0. The van der Waals surface area contributed by atoms with E-state index in [0.29, 0.717) is 11.5 Å². The van der Waals surface area contributed by atoms with E-state index in [9.17, 15) is 0 Å². The zero-order valence-electron chi connectivity index (χ0n) is 27.1. The molecule has 0 aliphatic carbocycles. The zero-order valence-corrected chi connectivity index (χ0v) is 27.1. The Morgan fingerprint density at radius 2 is 1.34 bits per heavy atom. The first-order valence-corrected chi connectivity index (χ1v) is 16.6. The first-order chi connectivity index (χ1) is 24.7. The van der Waals surface area contributed by atoms with Crippen LogP contribution in [0.2, 0.25) is 0 Å². The molecule has 4 aromatic heterocycles. The topological polar surface area (TPSA) is 48.8 Å². The summed E-state index contributed by atoms with van der Waals surface area (Å²) in [6, 6.07) is 46.6. The van der Waals surface area contributed by atoms with Crippen LogP contribution in [0.1, 0.15) is 11.3 Å². The van der Waals surface area contributed by atoms with Gasteiger partial charge >= 0.3 is 0 Å². The average Bonchev–Trinajstić information content (AvgIpc) is 3.78. The Balaban J connectivity index is 1.33. The molecule has 0 aliphatic heterocycles. The van der Waals surface area contributed by atoms with Crippen LogP contribution in [0.5, 0.6) is 0 Å². The van der Waals surface area contributed by atoms with Crippen LogP contribution in [0.15, 0.2) is 144 Å². The summed E-state index contributed by atoms with van der Waals surface area (Å²) in [5.74, 6) is 3.37. The molecular formula is C45H28N4O. The zero-order chi connectivity index (χ0) is 33.3. The van der Waals surface area contributed by atoms with Crippen molar-refractivity contribution in [2.75, 3.05) is 0 Å². The monoisotopic (exact) mass is 640 g/mol. The molecule has 234 valence electrons. The second kappa shape index (κ2) is 10.8. The molecule has 0 bridgehead atoms. The number of terminal acetylenes is 1. The summed E-state index contributed by atoms with van der Waals surface area (Å²) in [6.45, 7) is 2.12. The average molecular weight is 641 g/mol. The number of nitrogens with zero attached hydrogens (tertiary/aromatic N) is 4. The summed E-state index contributed by atoms with van der Waals surface area (Å²) < 4.78 is 10.9. The van der Waals surface area contributed by atoms with Gasteiger partial charge in [0.05, 0.1) is 16.6 Å². The summed E-state index contributed by atoms with van der Waals surface area (Å²) in [6.07, 6.45) is 9.50. The maximum atomic E-state index is 6.35. The lowest BCUT2D eigenvalue weighted by molar-refractivity contribution is 0.651. The van der Waals surface area contributed by atoms with Crippen molar-refractivity contribution in [2.24, 2.45) is 0 Å². The highest BCUT2D eigenvalue weighted by molar-refractivity contribution is 6.11. The van der Waals surface area contributed by atoms with Gasteiger partial charge in [-0.15, -0.1) is 6.42 Å². The third-order valence-electron chi connectivity index (χ3n) is 9.83. The molecule has 5 heteroatoms. The Morgan fingerprint density at radius 1 is 0.640 bits per heavy atom. The first kappa shape index (κ1) is 28.1. The van der Waals surface area contributed by atoms with Gasteiger partial charge in [0.2, 0.25) is 5.71 Å². The molecule has 50 heavy (non-hydrogen) atoms. The van der Waals surface area contributed by atoms with Crippen molar-refractivity contribution in [3.63, 3.8) is 0 Å². The maximum Gasteiger partial charge on any atom is 0.248 e. The van der Waals surface area contributed by atoms with Gasteiger partial charge in [-0.25, -0.2) is 4.98 Å². The lowest BCUT2D eigenvalue weighted by Crippen LogP contribution is -2.05. The van der Waals surface area contributed by atoms with Crippen molar-refractivity contribution in [2.45, 2.75) is 6.92 Å². The molecule has 0 fully saturated rings. The maximum absolute atomic E-state index is 6.35. The highest BCUT2D eigenvalue weighted by Crippen LogP contribution is 2.40. The summed E-state index contributed by atoms with van der Waals surface area (Å²) in [7, 11) is 0. The molecular weight excluding hydrogens is 613 g/mol. The number of fused-ring (bicyclic) bond motifs is 8. The highest BCUT2D eigenvalue weighted by Gasteiger charge is 2.24. The van der Waals surface area contributed by atoms with Gasteiger partial charge in [0, 0.05) is 44.1 Å². The second-order valence-electron chi connectivity index (χ2n) is 12.6. The van der Waals surface area contributed by atoms with Crippen LogP contribution in [0.25, 0.3) is 94.5 Å². The van der Waals surface area contributed by atoms with E-state index in [0.717, 1.165) is 77.4 Å². The van der Waals surface area contributed by atoms with E-state index in [4.69, 9.17) is 20.8 Å². The Hall–Kier alpha value is -6.90. The standard InChI is InChI=1S/C45H28N4O/c1-3-4-18-33-28(2)48(40-26-30-15-9-8-14-29(30)25-37(33)40)44-42(46-43-36-20-11-13-22-41(36)50-45(43)47-44)31-23-24-35-34-19-10-12-21-38(34)49(39(35)27-31)32-16-6-5-7-17-32/h1,4-27H,2H3/b18-4-. The third-order valence-corrected chi connectivity index (χ3v) is 9.83. The molecule has 0 aliphatic rings. The predicted octanol–water partition coefficient (Wildman–Crippen LogP) is 11.2. The fraction of sp³-hybridized carbons (Fsp3) is 0.0222. The predicted molar refractivity (Wildman–Crippen MR) is 206 cm³/mol. The molecule has 0 unspecified atom stereocenters. The first-order valence-electron chi connectivity index (χ1n) is 16.6. The number of rotatable bonds is 4. The number of para-hydroxylation sites is 3. The van der Waals surface area contributed by atoms with Crippen molar-refractivity contribution in [1.82, 2.24) is 19.1 Å². The van der Waals surface area contributed by atoms with Gasteiger partial charge in [-0.2, -0.15) is 4.98 Å². The van der Waals surface area contributed by atoms with Crippen LogP contribution < -0.4 is 0 Å². The molecule has 4 heterocycles. The number of hydrogen-bond acceptors (Lipinski definition) is 3. The molecule has 0 N–H and O–H groups in total. The van der Waals surface area contributed by atoms with Gasteiger partial charge in [0.25, 0.3) is 0 Å². The number of aromatic nitrogens is 4. The van der Waals surface area contributed by atoms with E-state index in [1.807, 2.05) is 30.3 Å². The second-order valence-corrected chi connectivity index (χ2v) is 12.6. The molecule has 6 aromatic carbocycles.